The third kappa shape index (κ3) is 3.12. The average Bonchev–Trinajstić information content (AvgIpc) is 3.21. The molecule has 5 rings (SSSR count). The largest absolute Gasteiger partial charge is 0.497 e. The molecule has 0 saturated carbocycles. The Labute approximate surface area is 177 Å². The quantitative estimate of drug-likeness (QED) is 0.640. The predicted molar refractivity (Wildman–Crippen MR) is 116 cm³/mol. The van der Waals surface area contributed by atoms with Gasteiger partial charge in [-0.05, 0) is 47.4 Å². The molecule has 2 aliphatic rings. The Balaban J connectivity index is 1.62. The minimum Gasteiger partial charge on any atom is -0.497 e. The molecule has 2 atom stereocenters. The Morgan fingerprint density at radius 2 is 1.60 bits per heavy atom. The second-order valence-electron chi connectivity index (χ2n) is 7.74. The van der Waals surface area contributed by atoms with Crippen molar-refractivity contribution in [2.24, 2.45) is 0 Å². The molecule has 2 heterocycles. The fourth-order valence-electron chi connectivity index (χ4n) is 4.69. The van der Waals surface area contributed by atoms with Crippen molar-refractivity contribution in [2.75, 3.05) is 20.2 Å². The maximum absolute atomic E-state index is 13.7. The molecule has 3 aromatic rings. The van der Waals surface area contributed by atoms with E-state index in [4.69, 9.17) is 4.74 Å². The van der Waals surface area contributed by atoms with Crippen molar-refractivity contribution >= 4 is 10.0 Å². The molecule has 0 bridgehead atoms. The van der Waals surface area contributed by atoms with Crippen molar-refractivity contribution < 1.29 is 13.2 Å². The van der Waals surface area contributed by atoms with Crippen molar-refractivity contribution in [2.45, 2.75) is 23.5 Å². The van der Waals surface area contributed by atoms with E-state index in [0.29, 0.717) is 11.4 Å². The fourth-order valence-corrected chi connectivity index (χ4v) is 6.31. The van der Waals surface area contributed by atoms with Crippen LogP contribution in [0.2, 0.25) is 0 Å². The van der Waals surface area contributed by atoms with Gasteiger partial charge in [0.15, 0.2) is 0 Å². The summed E-state index contributed by atoms with van der Waals surface area (Å²) in [5, 5.41) is 0. The first kappa shape index (κ1) is 19.3. The summed E-state index contributed by atoms with van der Waals surface area (Å²) in [6.07, 6.45) is 0.568. The van der Waals surface area contributed by atoms with Crippen LogP contribution in [-0.2, 0) is 16.4 Å². The number of fused-ring (bicyclic) bond motifs is 3. The lowest BCUT2D eigenvalue weighted by atomic mass is 9.93. The lowest BCUT2D eigenvalue weighted by molar-refractivity contribution is 0.154. The number of methoxy groups -OCH3 is 1. The van der Waals surface area contributed by atoms with Gasteiger partial charge in [0.1, 0.15) is 11.9 Å². The first-order valence-electron chi connectivity index (χ1n) is 10.1. The van der Waals surface area contributed by atoms with Gasteiger partial charge in [0.2, 0.25) is 10.0 Å². The van der Waals surface area contributed by atoms with E-state index in [-0.39, 0.29) is 12.2 Å². The summed E-state index contributed by atoms with van der Waals surface area (Å²) in [5.74, 6) is 0.759. The zero-order chi connectivity index (χ0) is 20.7. The Morgan fingerprint density at radius 3 is 2.33 bits per heavy atom. The third-order valence-electron chi connectivity index (χ3n) is 6.16. The van der Waals surface area contributed by atoms with Gasteiger partial charge in [0, 0.05) is 13.1 Å². The summed E-state index contributed by atoms with van der Waals surface area (Å²) in [7, 11) is -2.02. The summed E-state index contributed by atoms with van der Waals surface area (Å²) in [6.45, 7) is 1.25. The van der Waals surface area contributed by atoms with E-state index in [1.165, 1.54) is 11.1 Å². The van der Waals surface area contributed by atoms with Crippen molar-refractivity contribution in [1.82, 2.24) is 9.21 Å². The minimum atomic E-state index is -3.65. The van der Waals surface area contributed by atoms with Gasteiger partial charge in [-0.3, -0.25) is 4.90 Å². The lowest BCUT2D eigenvalue weighted by Crippen LogP contribution is -2.37. The van der Waals surface area contributed by atoms with E-state index in [1.54, 1.807) is 35.7 Å². The highest BCUT2D eigenvalue weighted by molar-refractivity contribution is 7.89. The molecule has 5 nitrogen and oxygen atoms in total. The van der Waals surface area contributed by atoms with Gasteiger partial charge in [-0.25, -0.2) is 8.42 Å². The molecule has 0 unspecified atom stereocenters. The van der Waals surface area contributed by atoms with Gasteiger partial charge in [0.25, 0.3) is 0 Å². The SMILES string of the molecule is COc1ccc([C@H]2N3CCc4ccccc4[C@@H]3CN2S(=O)(=O)c2ccccc2)cc1. The molecule has 0 spiro atoms. The number of rotatable bonds is 4. The van der Waals surface area contributed by atoms with Crippen molar-refractivity contribution in [1.29, 1.82) is 0 Å². The van der Waals surface area contributed by atoms with Crippen LogP contribution in [0.1, 0.15) is 28.9 Å². The fraction of sp³-hybridized carbons (Fsp3) is 0.250. The maximum atomic E-state index is 13.7. The van der Waals surface area contributed by atoms with E-state index in [0.717, 1.165) is 24.3 Å². The van der Waals surface area contributed by atoms with Gasteiger partial charge >= 0.3 is 0 Å². The summed E-state index contributed by atoms with van der Waals surface area (Å²) >= 11 is 0. The van der Waals surface area contributed by atoms with Crippen LogP contribution < -0.4 is 4.74 Å². The van der Waals surface area contributed by atoms with Crippen LogP contribution in [0.5, 0.6) is 5.75 Å². The summed E-state index contributed by atoms with van der Waals surface area (Å²) in [6, 6.07) is 24.9. The zero-order valence-corrected chi connectivity index (χ0v) is 17.6. The van der Waals surface area contributed by atoms with Crippen LogP contribution in [0, 0.1) is 0 Å². The number of ether oxygens (including phenoxy) is 1. The predicted octanol–water partition coefficient (Wildman–Crippen LogP) is 4.00. The van der Waals surface area contributed by atoms with E-state index in [2.05, 4.69) is 23.1 Å². The highest BCUT2D eigenvalue weighted by Crippen LogP contribution is 2.46. The number of hydrogen-bond donors (Lipinski definition) is 0. The number of sulfonamides is 1. The Kier molecular flexibility index (Phi) is 4.85. The Hall–Kier alpha value is -2.67. The second kappa shape index (κ2) is 7.54. The van der Waals surface area contributed by atoms with Gasteiger partial charge in [0.05, 0.1) is 18.0 Å². The van der Waals surface area contributed by atoms with Crippen LogP contribution in [0.25, 0.3) is 0 Å². The Morgan fingerprint density at radius 1 is 0.900 bits per heavy atom. The third-order valence-corrected chi connectivity index (χ3v) is 7.99. The molecular weight excluding hydrogens is 396 g/mol. The van der Waals surface area contributed by atoms with E-state index < -0.39 is 10.0 Å². The molecule has 0 aliphatic carbocycles. The number of benzene rings is 3. The molecule has 3 aromatic carbocycles. The topological polar surface area (TPSA) is 49.9 Å². The summed E-state index contributed by atoms with van der Waals surface area (Å²) in [4.78, 5) is 2.65. The Bertz CT molecular complexity index is 1150. The number of nitrogens with zero attached hydrogens (tertiary/aromatic N) is 2. The van der Waals surface area contributed by atoms with Gasteiger partial charge in [-0.15, -0.1) is 0 Å². The standard InChI is InChI=1S/C24H24N2O3S/c1-29-20-13-11-19(12-14-20)24-25-16-15-18-7-5-6-10-22(18)23(25)17-26(24)30(27,28)21-8-3-2-4-9-21/h2-14,23-24H,15-17H2,1H3/t23-,24-/m0/s1. The molecule has 1 saturated heterocycles. The zero-order valence-electron chi connectivity index (χ0n) is 16.8. The van der Waals surface area contributed by atoms with Crippen molar-refractivity contribution in [3.63, 3.8) is 0 Å². The number of hydrogen-bond acceptors (Lipinski definition) is 4. The van der Waals surface area contributed by atoms with E-state index in [1.807, 2.05) is 36.4 Å². The molecule has 2 aliphatic heterocycles. The minimum absolute atomic E-state index is 0.0422. The summed E-state index contributed by atoms with van der Waals surface area (Å²) < 4.78 is 34.3. The highest BCUT2D eigenvalue weighted by atomic mass is 32.2. The van der Waals surface area contributed by atoms with Gasteiger partial charge in [-0.1, -0.05) is 54.6 Å². The first-order valence-corrected chi connectivity index (χ1v) is 11.6. The second-order valence-corrected chi connectivity index (χ2v) is 9.63. The monoisotopic (exact) mass is 420 g/mol. The smallest absolute Gasteiger partial charge is 0.244 e. The van der Waals surface area contributed by atoms with Crippen molar-refractivity contribution in [3.05, 3.63) is 95.6 Å². The first-order chi connectivity index (χ1) is 14.6. The van der Waals surface area contributed by atoms with Crippen LogP contribution >= 0.6 is 0 Å². The van der Waals surface area contributed by atoms with Crippen LogP contribution in [-0.4, -0.2) is 37.8 Å². The summed E-state index contributed by atoms with van der Waals surface area (Å²) in [5.41, 5.74) is 3.50. The van der Waals surface area contributed by atoms with Crippen LogP contribution in [0.4, 0.5) is 0 Å². The molecular formula is C24H24N2O3S. The van der Waals surface area contributed by atoms with Crippen LogP contribution in [0.3, 0.4) is 0 Å². The van der Waals surface area contributed by atoms with E-state index >= 15 is 0 Å². The molecule has 154 valence electrons. The molecule has 1 fully saturated rings. The molecule has 6 heteroatoms. The molecule has 30 heavy (non-hydrogen) atoms. The normalized spacial score (nSPS) is 21.8. The molecule has 0 radical (unpaired) electrons. The van der Waals surface area contributed by atoms with E-state index in [9.17, 15) is 8.42 Å². The molecule has 0 N–H and O–H groups in total. The van der Waals surface area contributed by atoms with Crippen LogP contribution in [0.15, 0.2) is 83.8 Å². The lowest BCUT2D eigenvalue weighted by Gasteiger charge is -2.35. The molecule has 0 amide bonds. The average molecular weight is 421 g/mol. The van der Waals surface area contributed by atoms with Crippen molar-refractivity contribution in [3.8, 4) is 5.75 Å². The van der Waals surface area contributed by atoms with Gasteiger partial charge in [-0.2, -0.15) is 4.31 Å². The molecule has 0 aromatic heterocycles. The van der Waals surface area contributed by atoms with Gasteiger partial charge < -0.3 is 4.74 Å². The highest BCUT2D eigenvalue weighted by Gasteiger charge is 2.48. The maximum Gasteiger partial charge on any atom is 0.244 e.